The first-order valence-corrected chi connectivity index (χ1v) is 6.78. The third kappa shape index (κ3) is 3.32. The van der Waals surface area contributed by atoms with Crippen LogP contribution in [0.4, 0.5) is 0 Å². The van der Waals surface area contributed by atoms with Gasteiger partial charge in [-0.1, -0.05) is 0 Å². The van der Waals surface area contributed by atoms with Crippen LogP contribution in [-0.4, -0.2) is 22.2 Å². The van der Waals surface area contributed by atoms with Gasteiger partial charge in [0.2, 0.25) is 0 Å². The summed E-state index contributed by atoms with van der Waals surface area (Å²) in [5.41, 5.74) is -0.104. The molecule has 0 radical (unpaired) electrons. The zero-order valence-corrected chi connectivity index (χ0v) is 14.9. The van der Waals surface area contributed by atoms with Crippen LogP contribution >= 0.6 is 63.7 Å². The SMILES string of the molecule is O=C(O)c1c(Br)c(Br)c(C(=O)O)c(Br)c1Br.[Ni]. The van der Waals surface area contributed by atoms with Gasteiger partial charge in [0.25, 0.3) is 0 Å². The molecule has 0 aliphatic carbocycles. The van der Waals surface area contributed by atoms with Crippen LogP contribution in [-0.2, 0) is 16.5 Å². The van der Waals surface area contributed by atoms with E-state index in [1.807, 2.05) is 0 Å². The van der Waals surface area contributed by atoms with E-state index < -0.39 is 11.9 Å². The van der Waals surface area contributed by atoms with Crippen molar-refractivity contribution in [3.05, 3.63) is 29.0 Å². The van der Waals surface area contributed by atoms with Gasteiger partial charge in [-0.15, -0.1) is 0 Å². The molecule has 0 unspecified atom stereocenters. The van der Waals surface area contributed by atoms with E-state index in [1.165, 1.54) is 0 Å². The number of halogens is 4. The van der Waals surface area contributed by atoms with Crippen LogP contribution in [0.5, 0.6) is 0 Å². The number of carboxylic acids is 2. The molecule has 0 amide bonds. The Morgan fingerprint density at radius 3 is 1.00 bits per heavy atom. The van der Waals surface area contributed by atoms with Crippen molar-refractivity contribution in [2.75, 3.05) is 0 Å². The summed E-state index contributed by atoms with van der Waals surface area (Å²) in [7, 11) is 0. The summed E-state index contributed by atoms with van der Waals surface area (Å²) < 4.78 is 0.694. The Morgan fingerprint density at radius 2 is 0.882 bits per heavy atom. The molecule has 0 aliphatic rings. The molecule has 17 heavy (non-hydrogen) atoms. The minimum Gasteiger partial charge on any atom is -0.478 e. The van der Waals surface area contributed by atoms with E-state index in [0.717, 1.165) is 0 Å². The van der Waals surface area contributed by atoms with E-state index in [9.17, 15) is 9.59 Å². The average Bonchev–Trinajstić information content (AvgIpc) is 2.14. The Hall–Kier alpha value is 0.574. The van der Waals surface area contributed by atoms with E-state index in [2.05, 4.69) is 63.7 Å². The first kappa shape index (κ1) is 17.6. The van der Waals surface area contributed by atoms with Crippen molar-refractivity contribution in [3.63, 3.8) is 0 Å². The first-order chi connectivity index (χ1) is 7.29. The summed E-state index contributed by atoms with van der Waals surface area (Å²) >= 11 is 12.2. The van der Waals surface area contributed by atoms with Crippen molar-refractivity contribution in [2.24, 2.45) is 0 Å². The topological polar surface area (TPSA) is 74.6 Å². The maximum Gasteiger partial charge on any atom is 0.338 e. The fraction of sp³-hybridized carbons (Fsp3) is 0. The van der Waals surface area contributed by atoms with Gasteiger partial charge in [0.15, 0.2) is 0 Å². The van der Waals surface area contributed by atoms with Crippen molar-refractivity contribution >= 4 is 75.7 Å². The van der Waals surface area contributed by atoms with Crippen molar-refractivity contribution < 1.29 is 36.3 Å². The third-order valence-electron chi connectivity index (χ3n) is 1.69. The summed E-state index contributed by atoms with van der Waals surface area (Å²) in [4.78, 5) is 22.0. The molecule has 9 heteroatoms. The molecule has 0 heterocycles. The number of carboxylic acid groups (broad SMARTS) is 2. The normalized spacial score (nSPS) is 9.65. The Kier molecular flexibility index (Phi) is 6.88. The molecule has 0 spiro atoms. The number of hydrogen-bond acceptors (Lipinski definition) is 2. The Balaban J connectivity index is 0.00000256. The van der Waals surface area contributed by atoms with Crippen LogP contribution in [0.3, 0.4) is 0 Å². The van der Waals surface area contributed by atoms with Gasteiger partial charge in [0.05, 0.1) is 11.1 Å². The molecule has 1 rings (SSSR count). The number of carbonyl (C=O) groups is 2. The van der Waals surface area contributed by atoms with Crippen molar-refractivity contribution in [3.8, 4) is 0 Å². The predicted octanol–water partition coefficient (Wildman–Crippen LogP) is 4.13. The molecule has 0 bridgehead atoms. The van der Waals surface area contributed by atoms with E-state index in [1.54, 1.807) is 0 Å². The largest absolute Gasteiger partial charge is 0.478 e. The molecule has 0 aliphatic heterocycles. The maximum absolute atomic E-state index is 11.0. The van der Waals surface area contributed by atoms with E-state index in [4.69, 9.17) is 10.2 Å². The predicted molar refractivity (Wildman–Crippen MR) is 71.2 cm³/mol. The van der Waals surface area contributed by atoms with Gasteiger partial charge in [-0.3, -0.25) is 0 Å². The molecule has 2 N–H and O–H groups in total. The molecule has 0 atom stereocenters. The van der Waals surface area contributed by atoms with Gasteiger partial charge in [-0.2, -0.15) is 0 Å². The minimum atomic E-state index is -1.17. The molecule has 96 valence electrons. The maximum atomic E-state index is 11.0. The minimum absolute atomic E-state index is 0. The molecule has 0 saturated carbocycles. The van der Waals surface area contributed by atoms with E-state index in [0.29, 0.717) is 0 Å². The monoisotopic (exact) mass is 536 g/mol. The molecule has 1 aromatic rings. The zero-order chi connectivity index (χ0) is 12.6. The fourth-order valence-corrected chi connectivity index (χ4v) is 3.80. The first-order valence-electron chi connectivity index (χ1n) is 3.61. The van der Waals surface area contributed by atoms with Crippen LogP contribution in [0.1, 0.15) is 20.7 Å². The van der Waals surface area contributed by atoms with Gasteiger partial charge in [-0.25, -0.2) is 9.59 Å². The van der Waals surface area contributed by atoms with Crippen LogP contribution in [0.2, 0.25) is 0 Å². The molecule has 0 aromatic heterocycles. The summed E-state index contributed by atoms with van der Waals surface area (Å²) in [5.74, 6) is -2.34. The van der Waals surface area contributed by atoms with Gasteiger partial charge < -0.3 is 10.2 Å². The van der Waals surface area contributed by atoms with E-state index >= 15 is 0 Å². The molecule has 1 aromatic carbocycles. The van der Waals surface area contributed by atoms with Crippen molar-refractivity contribution in [2.45, 2.75) is 0 Å². The number of hydrogen-bond donors (Lipinski definition) is 2. The molecule has 0 fully saturated rings. The number of benzene rings is 1. The van der Waals surface area contributed by atoms with Crippen LogP contribution in [0.15, 0.2) is 17.9 Å². The van der Waals surface area contributed by atoms with Gasteiger partial charge in [-0.05, 0) is 63.7 Å². The molecule has 4 nitrogen and oxygen atoms in total. The second kappa shape index (κ2) is 6.66. The summed E-state index contributed by atoms with van der Waals surface area (Å²) in [5, 5.41) is 18.0. The fourth-order valence-electron chi connectivity index (χ4n) is 1.01. The summed E-state index contributed by atoms with van der Waals surface area (Å²) in [6, 6.07) is 0. The van der Waals surface area contributed by atoms with Crippen LogP contribution in [0, 0.1) is 0 Å². The number of rotatable bonds is 2. The van der Waals surface area contributed by atoms with Crippen molar-refractivity contribution in [1.82, 2.24) is 0 Å². The second-order valence-electron chi connectivity index (χ2n) is 2.62. The Labute approximate surface area is 140 Å². The van der Waals surface area contributed by atoms with E-state index in [-0.39, 0.29) is 45.5 Å². The number of aromatic carboxylic acids is 2. The summed E-state index contributed by atoms with van der Waals surface area (Å²) in [6.45, 7) is 0. The smallest absolute Gasteiger partial charge is 0.338 e. The Morgan fingerprint density at radius 1 is 0.706 bits per heavy atom. The zero-order valence-electron chi connectivity index (χ0n) is 7.54. The van der Waals surface area contributed by atoms with Gasteiger partial charge >= 0.3 is 11.9 Å². The van der Waals surface area contributed by atoms with Gasteiger partial charge in [0, 0.05) is 34.4 Å². The second-order valence-corrected chi connectivity index (χ2v) is 5.79. The average molecular weight is 540 g/mol. The molecular formula is C8H2Br4NiO4. The quantitative estimate of drug-likeness (QED) is 0.437. The molecular weight excluding hydrogens is 538 g/mol. The van der Waals surface area contributed by atoms with Crippen LogP contribution in [0.25, 0.3) is 0 Å². The standard InChI is InChI=1S/C8H2Br4O4.Ni/c9-3-1(7(13)14)4(10)6(12)2(5(3)11)8(15)16;/h(H,13,14)(H,15,16);. The van der Waals surface area contributed by atoms with Gasteiger partial charge in [0.1, 0.15) is 0 Å². The molecule has 0 saturated heterocycles. The van der Waals surface area contributed by atoms with Crippen LogP contribution < -0.4 is 0 Å². The summed E-state index contributed by atoms with van der Waals surface area (Å²) in [6.07, 6.45) is 0. The van der Waals surface area contributed by atoms with Crippen molar-refractivity contribution in [1.29, 1.82) is 0 Å². The third-order valence-corrected chi connectivity index (χ3v) is 5.93. The Bertz CT molecular complexity index is 429.